The van der Waals surface area contributed by atoms with Crippen molar-refractivity contribution in [1.29, 1.82) is 0 Å². The molecule has 15 heavy (non-hydrogen) atoms. The maximum absolute atomic E-state index is 11.7. The van der Waals surface area contributed by atoms with Crippen LogP contribution >= 0.6 is 0 Å². The van der Waals surface area contributed by atoms with Gasteiger partial charge >= 0.3 is 12.2 Å². The first-order valence-corrected chi connectivity index (χ1v) is 4.79. The number of carbonyl (C=O) groups excluding carboxylic acids is 1. The van der Waals surface area contributed by atoms with E-state index in [2.05, 4.69) is 10.6 Å². The van der Waals surface area contributed by atoms with E-state index in [9.17, 15) is 18.0 Å². The van der Waals surface area contributed by atoms with Gasteiger partial charge < -0.3 is 15.5 Å². The standard InChI is InChI=1S/C8H14F3N3O/c9-8(10,11)1-2-12-3-5-14-6-4-13-7(14)15/h12H,1-6H2,(H,13,15). The predicted molar refractivity (Wildman–Crippen MR) is 48.5 cm³/mol. The highest BCUT2D eigenvalue weighted by atomic mass is 19.4. The van der Waals surface area contributed by atoms with Crippen LogP contribution in [0, 0.1) is 0 Å². The third-order valence-corrected chi connectivity index (χ3v) is 2.09. The van der Waals surface area contributed by atoms with Crippen molar-refractivity contribution in [3.05, 3.63) is 0 Å². The lowest BCUT2D eigenvalue weighted by Crippen LogP contribution is -2.35. The van der Waals surface area contributed by atoms with Gasteiger partial charge in [0.25, 0.3) is 0 Å². The molecule has 0 aromatic carbocycles. The van der Waals surface area contributed by atoms with Crippen LogP contribution in [0.3, 0.4) is 0 Å². The predicted octanol–water partition coefficient (Wildman–Crippen LogP) is 0.554. The Morgan fingerprint density at radius 2 is 2.13 bits per heavy atom. The van der Waals surface area contributed by atoms with Crippen LogP contribution in [0.2, 0.25) is 0 Å². The van der Waals surface area contributed by atoms with Crippen LogP contribution in [-0.4, -0.2) is 49.8 Å². The molecule has 0 unspecified atom stereocenters. The molecule has 1 fully saturated rings. The molecule has 1 aliphatic rings. The van der Waals surface area contributed by atoms with E-state index in [0.717, 1.165) is 0 Å². The van der Waals surface area contributed by atoms with Crippen molar-refractivity contribution in [2.24, 2.45) is 0 Å². The van der Waals surface area contributed by atoms with E-state index < -0.39 is 12.6 Å². The number of amides is 2. The van der Waals surface area contributed by atoms with Crippen LogP contribution < -0.4 is 10.6 Å². The van der Waals surface area contributed by atoms with Crippen molar-refractivity contribution in [3.8, 4) is 0 Å². The van der Waals surface area contributed by atoms with Crippen LogP contribution in [0.4, 0.5) is 18.0 Å². The summed E-state index contributed by atoms with van der Waals surface area (Å²) < 4.78 is 35.2. The number of carbonyl (C=O) groups is 1. The second kappa shape index (κ2) is 5.20. The normalized spacial score (nSPS) is 17.0. The summed E-state index contributed by atoms with van der Waals surface area (Å²) in [6.45, 7) is 1.98. The summed E-state index contributed by atoms with van der Waals surface area (Å²) in [6, 6.07) is -0.146. The number of nitrogens with one attached hydrogen (secondary N) is 2. The van der Waals surface area contributed by atoms with Gasteiger partial charge in [-0.3, -0.25) is 0 Å². The first-order chi connectivity index (χ1) is 6.99. The summed E-state index contributed by atoms with van der Waals surface area (Å²) in [4.78, 5) is 12.6. The highest BCUT2D eigenvalue weighted by Crippen LogP contribution is 2.17. The molecule has 7 heteroatoms. The maximum Gasteiger partial charge on any atom is 0.390 e. The summed E-state index contributed by atoms with van der Waals surface area (Å²) in [5, 5.41) is 5.26. The highest BCUT2D eigenvalue weighted by molar-refractivity contribution is 5.76. The molecule has 1 rings (SSSR count). The average molecular weight is 225 g/mol. The molecule has 0 saturated carbocycles. The summed E-state index contributed by atoms with van der Waals surface area (Å²) in [5.41, 5.74) is 0. The number of hydrogen-bond donors (Lipinski definition) is 2. The van der Waals surface area contributed by atoms with Crippen molar-refractivity contribution >= 4 is 6.03 Å². The van der Waals surface area contributed by atoms with Crippen molar-refractivity contribution in [3.63, 3.8) is 0 Å². The zero-order valence-electron chi connectivity index (χ0n) is 8.23. The summed E-state index contributed by atoms with van der Waals surface area (Å²) in [6.07, 6.45) is -4.95. The molecule has 0 radical (unpaired) electrons. The van der Waals surface area contributed by atoms with Gasteiger partial charge in [0.2, 0.25) is 0 Å². The smallest absolute Gasteiger partial charge is 0.336 e. The fourth-order valence-corrected chi connectivity index (χ4v) is 1.29. The Kier molecular flexibility index (Phi) is 4.19. The van der Waals surface area contributed by atoms with Crippen LogP contribution in [0.15, 0.2) is 0 Å². The van der Waals surface area contributed by atoms with Gasteiger partial charge in [0.1, 0.15) is 0 Å². The quantitative estimate of drug-likeness (QED) is 0.671. The first kappa shape index (κ1) is 12.1. The number of nitrogens with zero attached hydrogens (tertiary/aromatic N) is 1. The first-order valence-electron chi connectivity index (χ1n) is 4.79. The second-order valence-electron chi connectivity index (χ2n) is 3.33. The molecule has 0 atom stereocenters. The number of alkyl halides is 3. The third-order valence-electron chi connectivity index (χ3n) is 2.09. The molecule has 88 valence electrons. The van der Waals surface area contributed by atoms with Gasteiger partial charge in [-0.05, 0) is 0 Å². The Morgan fingerprint density at radius 3 is 2.67 bits per heavy atom. The van der Waals surface area contributed by atoms with Crippen molar-refractivity contribution in [2.75, 3.05) is 32.7 Å². The van der Waals surface area contributed by atoms with Crippen molar-refractivity contribution in [2.45, 2.75) is 12.6 Å². The Hall–Kier alpha value is -0.980. The third kappa shape index (κ3) is 4.87. The molecule has 0 aliphatic carbocycles. The lowest BCUT2D eigenvalue weighted by Gasteiger charge is -2.14. The molecule has 1 heterocycles. The monoisotopic (exact) mass is 225 g/mol. The second-order valence-corrected chi connectivity index (χ2v) is 3.33. The van der Waals surface area contributed by atoms with E-state index in [1.54, 1.807) is 4.90 Å². The zero-order valence-corrected chi connectivity index (χ0v) is 8.23. The minimum atomic E-state index is -4.11. The minimum absolute atomic E-state index is 0.0983. The fraction of sp³-hybridized carbons (Fsp3) is 0.875. The molecule has 0 aromatic heterocycles. The van der Waals surface area contributed by atoms with E-state index in [1.807, 2.05) is 0 Å². The lowest BCUT2D eigenvalue weighted by atomic mass is 10.4. The summed E-state index contributed by atoms with van der Waals surface area (Å²) in [5.74, 6) is 0. The van der Waals surface area contributed by atoms with Crippen LogP contribution in [0.25, 0.3) is 0 Å². The average Bonchev–Trinajstić information content (AvgIpc) is 2.49. The maximum atomic E-state index is 11.7. The highest BCUT2D eigenvalue weighted by Gasteiger charge is 2.26. The molecule has 2 N–H and O–H groups in total. The molecule has 1 saturated heterocycles. The molecule has 2 amide bonds. The van der Waals surface area contributed by atoms with Crippen LogP contribution in [-0.2, 0) is 0 Å². The SMILES string of the molecule is O=C1NCCN1CCNCCC(F)(F)F. The molecular formula is C8H14F3N3O. The van der Waals surface area contributed by atoms with Gasteiger partial charge in [0, 0.05) is 32.7 Å². The Balaban J connectivity index is 2.00. The van der Waals surface area contributed by atoms with Gasteiger partial charge in [-0.15, -0.1) is 0 Å². The van der Waals surface area contributed by atoms with Gasteiger partial charge in [0.05, 0.1) is 6.42 Å². The number of halogens is 3. The van der Waals surface area contributed by atoms with Gasteiger partial charge in [-0.25, -0.2) is 4.79 Å². The number of hydrogen-bond acceptors (Lipinski definition) is 2. The molecule has 0 aromatic rings. The van der Waals surface area contributed by atoms with Crippen molar-refractivity contribution < 1.29 is 18.0 Å². The summed E-state index contributed by atoms with van der Waals surface area (Å²) in [7, 11) is 0. The zero-order chi connectivity index (χ0) is 11.3. The van der Waals surface area contributed by atoms with E-state index in [1.165, 1.54) is 0 Å². The Morgan fingerprint density at radius 1 is 1.40 bits per heavy atom. The van der Waals surface area contributed by atoms with Crippen LogP contribution in [0.5, 0.6) is 0 Å². The topological polar surface area (TPSA) is 44.4 Å². The molecular weight excluding hydrogens is 211 g/mol. The molecule has 0 bridgehead atoms. The van der Waals surface area contributed by atoms with E-state index >= 15 is 0 Å². The minimum Gasteiger partial charge on any atom is -0.336 e. The molecule has 0 spiro atoms. The van der Waals surface area contributed by atoms with Gasteiger partial charge in [0.15, 0.2) is 0 Å². The Labute approximate surface area is 85.8 Å². The lowest BCUT2D eigenvalue weighted by molar-refractivity contribution is -0.133. The van der Waals surface area contributed by atoms with Crippen LogP contribution in [0.1, 0.15) is 6.42 Å². The van der Waals surface area contributed by atoms with Crippen molar-refractivity contribution in [1.82, 2.24) is 15.5 Å². The van der Waals surface area contributed by atoms with E-state index in [0.29, 0.717) is 26.2 Å². The summed E-state index contributed by atoms with van der Waals surface area (Å²) >= 11 is 0. The number of urea groups is 1. The largest absolute Gasteiger partial charge is 0.390 e. The Bertz CT molecular complexity index is 220. The number of rotatable bonds is 5. The molecule has 4 nitrogen and oxygen atoms in total. The van der Waals surface area contributed by atoms with Gasteiger partial charge in [-0.2, -0.15) is 13.2 Å². The van der Waals surface area contributed by atoms with Gasteiger partial charge in [-0.1, -0.05) is 0 Å². The fourth-order valence-electron chi connectivity index (χ4n) is 1.29. The van der Waals surface area contributed by atoms with E-state index in [-0.39, 0.29) is 12.6 Å². The molecule has 1 aliphatic heterocycles. The van der Waals surface area contributed by atoms with E-state index in [4.69, 9.17) is 0 Å².